The number of benzene rings is 3. The van der Waals surface area contributed by atoms with Crippen LogP contribution in [0.2, 0.25) is 5.02 Å². The summed E-state index contributed by atoms with van der Waals surface area (Å²) in [6.45, 7) is 2.13. The number of unbranched alkanes of at least 4 members (excludes halogenated alkanes) is 1. The zero-order valence-electron chi connectivity index (χ0n) is 17.8. The fourth-order valence-electron chi connectivity index (χ4n) is 3.02. The van der Waals surface area contributed by atoms with Gasteiger partial charge in [0.2, 0.25) is 0 Å². The fourth-order valence-corrected chi connectivity index (χ4v) is 5.46. The van der Waals surface area contributed by atoms with Gasteiger partial charge in [-0.25, -0.2) is 13.2 Å². The van der Waals surface area contributed by atoms with Crippen LogP contribution in [0.3, 0.4) is 0 Å². The Morgan fingerprint density at radius 2 is 1.76 bits per heavy atom. The number of esters is 1. The average molecular weight is 616 g/mol. The lowest BCUT2D eigenvalue weighted by atomic mass is 10.1. The molecule has 0 aliphatic carbocycles. The summed E-state index contributed by atoms with van der Waals surface area (Å²) in [5.41, 5.74) is 2.32. The van der Waals surface area contributed by atoms with Crippen molar-refractivity contribution in [3.63, 3.8) is 0 Å². The summed E-state index contributed by atoms with van der Waals surface area (Å²) >= 11 is 12.9. The van der Waals surface area contributed by atoms with Crippen LogP contribution in [0, 0.1) is 0 Å². The quantitative estimate of drug-likeness (QED) is 0.255. The van der Waals surface area contributed by atoms with E-state index < -0.39 is 16.0 Å². The highest BCUT2D eigenvalue weighted by molar-refractivity contribution is 9.11. The molecule has 0 fully saturated rings. The molecule has 0 amide bonds. The second-order valence-electron chi connectivity index (χ2n) is 7.36. The van der Waals surface area contributed by atoms with E-state index in [1.165, 1.54) is 18.2 Å². The van der Waals surface area contributed by atoms with E-state index >= 15 is 0 Å². The molecular weight excluding hydrogens is 594 g/mol. The number of ether oxygens (including phenoxy) is 1. The minimum Gasteiger partial charge on any atom is -0.457 e. The van der Waals surface area contributed by atoms with Crippen LogP contribution in [0.5, 0.6) is 0 Å². The third-order valence-corrected chi connectivity index (χ3v) is 7.81. The van der Waals surface area contributed by atoms with Gasteiger partial charge in [-0.3, -0.25) is 4.72 Å². The third-order valence-electron chi connectivity index (χ3n) is 4.87. The van der Waals surface area contributed by atoms with Gasteiger partial charge in [-0.1, -0.05) is 75.0 Å². The summed E-state index contributed by atoms with van der Waals surface area (Å²) in [4.78, 5) is 12.5. The number of anilines is 1. The Balaban J connectivity index is 1.74. The summed E-state index contributed by atoms with van der Waals surface area (Å²) in [6.07, 6.45) is 3.12. The number of nitrogens with one attached hydrogen (secondary N) is 1. The summed E-state index contributed by atoms with van der Waals surface area (Å²) in [7, 11) is -3.92. The van der Waals surface area contributed by atoms with Crippen LogP contribution in [0.4, 0.5) is 5.69 Å². The first-order valence-corrected chi connectivity index (χ1v) is 13.7. The smallest absolute Gasteiger partial charge is 0.340 e. The number of carbonyl (C=O) groups excluding carboxylic acids is 1. The Labute approximate surface area is 215 Å². The molecule has 0 heterocycles. The zero-order valence-corrected chi connectivity index (χ0v) is 22.5. The Morgan fingerprint density at radius 3 is 2.42 bits per heavy atom. The van der Waals surface area contributed by atoms with Crippen molar-refractivity contribution in [3.05, 3.63) is 91.3 Å². The van der Waals surface area contributed by atoms with Crippen molar-refractivity contribution in [2.75, 3.05) is 4.72 Å². The molecule has 9 heteroatoms. The number of sulfonamides is 1. The second-order valence-corrected chi connectivity index (χ2v) is 11.2. The molecule has 0 spiro atoms. The summed E-state index contributed by atoms with van der Waals surface area (Å²) < 4.78 is 35.3. The van der Waals surface area contributed by atoms with E-state index in [0.29, 0.717) is 5.69 Å². The van der Waals surface area contributed by atoms with E-state index in [1.807, 2.05) is 24.3 Å². The van der Waals surface area contributed by atoms with Gasteiger partial charge in [-0.05, 0) is 60.9 Å². The lowest BCUT2D eigenvalue weighted by Gasteiger charge is -2.12. The first-order valence-electron chi connectivity index (χ1n) is 10.2. The molecule has 0 atom stereocenters. The second kappa shape index (κ2) is 11.5. The molecular formula is C24H22Br2ClNO4S. The minimum absolute atomic E-state index is 0.00261. The van der Waals surface area contributed by atoms with Gasteiger partial charge in [-0.2, -0.15) is 0 Å². The molecule has 5 nitrogen and oxygen atoms in total. The predicted octanol–water partition coefficient (Wildman–Crippen LogP) is 7.37. The molecule has 0 aliphatic heterocycles. The van der Waals surface area contributed by atoms with Crippen LogP contribution in [0.15, 0.2) is 74.5 Å². The molecule has 1 N–H and O–H groups in total. The van der Waals surface area contributed by atoms with Crippen molar-refractivity contribution in [2.24, 2.45) is 0 Å². The van der Waals surface area contributed by atoms with Crippen LogP contribution in [-0.4, -0.2) is 14.4 Å². The summed E-state index contributed by atoms with van der Waals surface area (Å²) in [5.74, 6) is -0.716. The van der Waals surface area contributed by atoms with Crippen LogP contribution >= 0.6 is 43.5 Å². The lowest BCUT2D eigenvalue weighted by Crippen LogP contribution is -2.14. The zero-order chi connectivity index (χ0) is 24.0. The molecule has 0 aliphatic rings. The molecule has 3 aromatic rings. The van der Waals surface area contributed by atoms with Gasteiger partial charge in [0.05, 0.1) is 15.5 Å². The predicted molar refractivity (Wildman–Crippen MR) is 138 cm³/mol. The number of rotatable bonds is 9. The Kier molecular flexibility index (Phi) is 8.98. The Bertz CT molecular complexity index is 1250. The van der Waals surface area contributed by atoms with Crippen molar-refractivity contribution in [1.29, 1.82) is 0 Å². The normalized spacial score (nSPS) is 11.3. The van der Waals surface area contributed by atoms with E-state index in [2.05, 4.69) is 43.5 Å². The van der Waals surface area contributed by atoms with Gasteiger partial charge in [-0.15, -0.1) is 0 Å². The first kappa shape index (κ1) is 25.7. The van der Waals surface area contributed by atoms with E-state index in [1.54, 1.807) is 18.2 Å². The SMILES string of the molecule is CCCCc1ccc(NS(=O)(=O)c2ccc(Cl)c(C(=O)OCc3ccc(Br)cc3Br)c2)cc1. The maximum atomic E-state index is 12.9. The van der Waals surface area contributed by atoms with Crippen LogP contribution in [0.1, 0.15) is 41.3 Å². The van der Waals surface area contributed by atoms with E-state index in [4.69, 9.17) is 16.3 Å². The molecule has 3 rings (SSSR count). The summed E-state index contributed by atoms with van der Waals surface area (Å²) in [5, 5.41) is 0.106. The van der Waals surface area contributed by atoms with Gasteiger partial charge < -0.3 is 4.74 Å². The molecule has 0 saturated carbocycles. The topological polar surface area (TPSA) is 72.5 Å². The Morgan fingerprint density at radius 1 is 1.03 bits per heavy atom. The monoisotopic (exact) mass is 613 g/mol. The average Bonchev–Trinajstić information content (AvgIpc) is 2.78. The highest BCUT2D eigenvalue weighted by Gasteiger charge is 2.20. The van der Waals surface area contributed by atoms with Crippen molar-refractivity contribution in [1.82, 2.24) is 0 Å². The molecule has 3 aromatic carbocycles. The van der Waals surface area contributed by atoms with Gasteiger partial charge in [0.25, 0.3) is 10.0 Å². The first-order chi connectivity index (χ1) is 15.7. The van der Waals surface area contributed by atoms with Gasteiger partial charge >= 0.3 is 5.97 Å². The van der Waals surface area contributed by atoms with Crippen molar-refractivity contribution in [3.8, 4) is 0 Å². The number of hydrogen-bond acceptors (Lipinski definition) is 4. The molecule has 33 heavy (non-hydrogen) atoms. The Hall–Kier alpha value is -1.87. The standard InChI is InChI=1S/C24H22Br2ClNO4S/c1-2-3-4-16-5-9-19(10-6-16)28-33(30,31)20-11-12-23(27)21(14-20)24(29)32-15-17-7-8-18(25)13-22(17)26/h5-14,28H,2-4,15H2,1H3. The van der Waals surface area contributed by atoms with Crippen molar-refractivity contribution >= 4 is 65.1 Å². The number of halogens is 3. The lowest BCUT2D eigenvalue weighted by molar-refractivity contribution is 0.0472. The van der Waals surface area contributed by atoms with Crippen molar-refractivity contribution in [2.45, 2.75) is 37.7 Å². The van der Waals surface area contributed by atoms with Crippen LogP contribution < -0.4 is 4.72 Å². The minimum atomic E-state index is -3.92. The molecule has 0 aromatic heterocycles. The summed E-state index contributed by atoms with van der Waals surface area (Å²) in [6, 6.07) is 16.7. The maximum absolute atomic E-state index is 12.9. The van der Waals surface area contributed by atoms with Crippen LogP contribution in [0.25, 0.3) is 0 Å². The maximum Gasteiger partial charge on any atom is 0.340 e. The largest absolute Gasteiger partial charge is 0.457 e. The van der Waals surface area contributed by atoms with Gasteiger partial charge in [0.15, 0.2) is 0 Å². The van der Waals surface area contributed by atoms with Gasteiger partial charge in [0.1, 0.15) is 6.61 Å². The molecule has 0 saturated heterocycles. The molecule has 0 unspecified atom stereocenters. The van der Waals surface area contributed by atoms with E-state index in [9.17, 15) is 13.2 Å². The fraction of sp³-hybridized carbons (Fsp3) is 0.208. The third kappa shape index (κ3) is 7.06. The van der Waals surface area contributed by atoms with Gasteiger partial charge in [0, 0.05) is 20.2 Å². The molecule has 174 valence electrons. The number of aryl methyl sites for hydroxylation is 1. The highest BCUT2D eigenvalue weighted by atomic mass is 79.9. The van der Waals surface area contributed by atoms with Crippen LogP contribution in [-0.2, 0) is 27.8 Å². The van der Waals surface area contributed by atoms with E-state index in [0.717, 1.165) is 39.3 Å². The highest BCUT2D eigenvalue weighted by Crippen LogP contribution is 2.26. The van der Waals surface area contributed by atoms with E-state index in [-0.39, 0.29) is 22.1 Å². The van der Waals surface area contributed by atoms with Crippen molar-refractivity contribution < 1.29 is 17.9 Å². The number of carbonyl (C=O) groups is 1. The molecule has 0 bridgehead atoms. The number of hydrogen-bond donors (Lipinski definition) is 1. The molecule has 0 radical (unpaired) electrons.